The molecule has 14 nitrogen and oxygen atoms in total. The number of fused-ring (bicyclic) bond motifs is 1. The number of hydrogen-bond donors (Lipinski definition) is 3. The van der Waals surface area contributed by atoms with Gasteiger partial charge in [-0.25, -0.2) is 19.6 Å². The Morgan fingerprint density at radius 1 is 0.967 bits per heavy atom. The molecule has 3 N–H and O–H groups in total. The van der Waals surface area contributed by atoms with Gasteiger partial charge >= 0.3 is 12.2 Å². The van der Waals surface area contributed by atoms with Crippen LogP contribution in [0.4, 0.5) is 9.59 Å². The monoisotopic (exact) mass is 870 g/mol. The fourth-order valence-corrected chi connectivity index (χ4v) is 8.57. The summed E-state index contributed by atoms with van der Waals surface area (Å²) < 4.78 is 12.8. The summed E-state index contributed by atoms with van der Waals surface area (Å²) in [5, 5.41) is 24.0. The Hall–Kier alpha value is -5.70. The van der Waals surface area contributed by atoms with Gasteiger partial charge in [-0.05, 0) is 83.7 Å². The minimum atomic E-state index is -1.13. The molecule has 1 atom stereocenters. The number of hydrogen-bond acceptors (Lipinski definition) is 9. The van der Waals surface area contributed by atoms with E-state index in [1.165, 1.54) is 16.4 Å². The van der Waals surface area contributed by atoms with Gasteiger partial charge in [0.25, 0.3) is 5.56 Å². The molecule has 2 fully saturated rings. The van der Waals surface area contributed by atoms with Gasteiger partial charge in [0.05, 0.1) is 47.2 Å². The van der Waals surface area contributed by atoms with Crippen LogP contribution in [0.1, 0.15) is 70.2 Å². The van der Waals surface area contributed by atoms with Crippen LogP contribution in [0.2, 0.25) is 10.0 Å². The van der Waals surface area contributed by atoms with Crippen molar-refractivity contribution in [1.29, 1.82) is 0 Å². The van der Waals surface area contributed by atoms with Gasteiger partial charge in [0.1, 0.15) is 11.2 Å². The highest BCUT2D eigenvalue weighted by Gasteiger charge is 2.44. The molecule has 2 aliphatic rings. The van der Waals surface area contributed by atoms with Gasteiger partial charge in [0, 0.05) is 64.6 Å². The Balaban J connectivity index is 1.18. The average Bonchev–Trinajstić information content (AvgIpc) is 3.61. The van der Waals surface area contributed by atoms with Crippen LogP contribution in [0, 0.1) is 6.92 Å². The number of carbonyl (C=O) groups is 3. The second-order valence-electron chi connectivity index (χ2n) is 17.0. The zero-order valence-corrected chi connectivity index (χ0v) is 36.3. The summed E-state index contributed by atoms with van der Waals surface area (Å²) >= 11 is 14.3. The third kappa shape index (κ3) is 9.31. The Bertz CT molecular complexity index is 2600. The highest BCUT2D eigenvalue weighted by atomic mass is 35.5. The summed E-state index contributed by atoms with van der Waals surface area (Å²) in [5.74, 6) is 0.138. The van der Waals surface area contributed by atoms with E-state index in [0.717, 1.165) is 0 Å². The predicted octanol–water partition coefficient (Wildman–Crippen LogP) is 8.12. The number of pyridine rings is 2. The lowest BCUT2D eigenvalue weighted by molar-refractivity contribution is -0.119. The molecule has 4 heterocycles. The first-order chi connectivity index (χ1) is 28.8. The fourth-order valence-electron chi connectivity index (χ4n) is 7.91. The molecule has 0 bridgehead atoms. The Morgan fingerprint density at radius 3 is 2.23 bits per heavy atom. The van der Waals surface area contributed by atoms with Crippen LogP contribution in [0.3, 0.4) is 0 Å². The number of halogens is 2. The van der Waals surface area contributed by atoms with E-state index < -0.39 is 23.4 Å². The van der Waals surface area contributed by atoms with Crippen molar-refractivity contribution in [2.75, 3.05) is 13.7 Å². The van der Waals surface area contributed by atoms with Crippen LogP contribution in [-0.2, 0) is 22.6 Å². The van der Waals surface area contributed by atoms with Gasteiger partial charge in [-0.15, -0.1) is 0 Å². The number of carbonyl (C=O) groups excluding carboxylic acids is 2. The smallest absolute Gasteiger partial charge is 0.410 e. The summed E-state index contributed by atoms with van der Waals surface area (Å²) in [6, 6.07) is 17.6. The predicted molar refractivity (Wildman–Crippen MR) is 232 cm³/mol. The first kappa shape index (κ1) is 43.4. The van der Waals surface area contributed by atoms with Crippen LogP contribution in [-0.4, -0.2) is 89.4 Å². The summed E-state index contributed by atoms with van der Waals surface area (Å²) in [4.78, 5) is 63.3. The second-order valence-corrected chi connectivity index (χ2v) is 17.7. The molecule has 61 heavy (non-hydrogen) atoms. The second kappa shape index (κ2) is 17.0. The molecule has 0 radical (unpaired) electrons. The van der Waals surface area contributed by atoms with Crippen LogP contribution < -0.4 is 15.6 Å². The minimum absolute atomic E-state index is 0.00330. The van der Waals surface area contributed by atoms with Gasteiger partial charge in [0.2, 0.25) is 11.8 Å². The molecule has 2 aromatic carbocycles. The van der Waals surface area contributed by atoms with Crippen molar-refractivity contribution < 1.29 is 34.1 Å². The molecule has 0 spiro atoms. The quantitative estimate of drug-likeness (QED) is 0.118. The van der Waals surface area contributed by atoms with Gasteiger partial charge in [0.15, 0.2) is 0 Å². The first-order valence-electron chi connectivity index (χ1n) is 20.0. The average molecular weight is 872 g/mol. The lowest BCUT2D eigenvalue weighted by Crippen LogP contribution is -2.56. The summed E-state index contributed by atoms with van der Waals surface area (Å²) in [7, 11) is 1.46. The number of nitrogens with zero attached hydrogens (tertiary/aromatic N) is 5. The Kier molecular flexibility index (Phi) is 12.1. The van der Waals surface area contributed by atoms with Gasteiger partial charge in [-0.3, -0.25) is 18.9 Å². The molecule has 7 rings (SSSR count). The van der Waals surface area contributed by atoms with E-state index in [4.69, 9.17) is 42.6 Å². The molecule has 5 aromatic rings. The third-order valence-electron chi connectivity index (χ3n) is 11.1. The largest absolute Gasteiger partial charge is 0.481 e. The number of aliphatic hydroxyl groups is 1. The van der Waals surface area contributed by atoms with Crippen molar-refractivity contribution in [2.45, 2.75) is 96.7 Å². The maximum absolute atomic E-state index is 13.7. The number of rotatable bonds is 11. The van der Waals surface area contributed by atoms with Crippen LogP contribution in [0.5, 0.6) is 5.88 Å². The molecular weight excluding hydrogens is 823 g/mol. The molecule has 16 heteroatoms. The van der Waals surface area contributed by atoms with E-state index in [1.807, 2.05) is 36.4 Å². The van der Waals surface area contributed by atoms with Crippen molar-refractivity contribution in [3.63, 3.8) is 0 Å². The van der Waals surface area contributed by atoms with Crippen LogP contribution in [0.15, 0.2) is 71.7 Å². The van der Waals surface area contributed by atoms with Crippen molar-refractivity contribution in [1.82, 2.24) is 29.5 Å². The summed E-state index contributed by atoms with van der Waals surface area (Å²) in [6.45, 7) is 8.93. The molecule has 1 saturated heterocycles. The number of aromatic nitrogens is 3. The van der Waals surface area contributed by atoms with E-state index in [2.05, 4.69) is 5.32 Å². The van der Waals surface area contributed by atoms with Crippen molar-refractivity contribution in [3.05, 3.63) is 104 Å². The SMILES string of the molecule is COc1nc(-c2cccc(-c3cccc(-c4ccn5c(=O)c(C)c(CN(C(=O)OC(C)(C)C)C6CC(C)(O)C6)nc5c4)c3Cl)c2Cl)ccc1CN(C[C@@H]1CCC(=O)N1)C(=O)O. The van der Waals surface area contributed by atoms with Crippen LogP contribution in [0.25, 0.3) is 39.2 Å². The van der Waals surface area contributed by atoms with E-state index >= 15 is 0 Å². The number of carboxylic acid groups (broad SMARTS) is 1. The molecule has 3 aromatic heterocycles. The van der Waals surface area contributed by atoms with Crippen molar-refractivity contribution >= 4 is 46.9 Å². The number of benzene rings is 2. The van der Waals surface area contributed by atoms with E-state index in [1.54, 1.807) is 70.0 Å². The zero-order chi connectivity index (χ0) is 44.0. The molecule has 1 saturated carbocycles. The van der Waals surface area contributed by atoms with Gasteiger partial charge < -0.3 is 29.9 Å². The van der Waals surface area contributed by atoms with Gasteiger partial charge in [-0.2, -0.15) is 0 Å². The lowest BCUT2D eigenvalue weighted by atomic mass is 9.76. The van der Waals surface area contributed by atoms with Gasteiger partial charge in [-0.1, -0.05) is 59.6 Å². The minimum Gasteiger partial charge on any atom is -0.481 e. The van der Waals surface area contributed by atoms with E-state index in [9.17, 15) is 29.4 Å². The molecular formula is C45H48Cl2N6O8. The standard InChI is InChI=1S/C45H48Cl2N6O8/c1-25-35(24-53(29-20-45(5,59)21-29)43(58)61-44(2,3)4)49-36-19-26(17-18-52(36)41(25)55)30-9-7-10-31(38(30)46)32-11-8-12-33(39(32)47)34-15-13-27(40(50-34)60-6)22-51(42(56)57)23-28-14-16-37(54)48-28/h7-13,15,17-19,28-29,59H,14,16,20-24H2,1-6H3,(H,48,54)(H,56,57)/t28-,29?,45?/m0/s1. The molecule has 3 amide bonds. The topological polar surface area (TPSA) is 176 Å². The van der Waals surface area contributed by atoms with E-state index in [-0.39, 0.29) is 49.1 Å². The fraction of sp³-hybridized carbons (Fsp3) is 0.378. The Morgan fingerprint density at radius 2 is 1.62 bits per heavy atom. The zero-order valence-electron chi connectivity index (χ0n) is 34.8. The Labute approximate surface area is 363 Å². The summed E-state index contributed by atoms with van der Waals surface area (Å²) in [6.07, 6.45) is 1.65. The van der Waals surface area contributed by atoms with Crippen molar-refractivity contribution in [3.8, 4) is 39.4 Å². The number of methoxy groups -OCH3 is 1. The maximum Gasteiger partial charge on any atom is 0.410 e. The molecule has 320 valence electrons. The summed E-state index contributed by atoms with van der Waals surface area (Å²) in [5.41, 5.74) is 3.50. The molecule has 1 aliphatic carbocycles. The maximum atomic E-state index is 13.7. The van der Waals surface area contributed by atoms with Crippen molar-refractivity contribution in [2.24, 2.45) is 0 Å². The normalized spacial score (nSPS) is 18.7. The third-order valence-corrected chi connectivity index (χ3v) is 11.9. The highest BCUT2D eigenvalue weighted by Crippen LogP contribution is 2.43. The number of nitrogens with one attached hydrogen (secondary N) is 1. The molecule has 0 unspecified atom stereocenters. The highest BCUT2D eigenvalue weighted by molar-refractivity contribution is 6.39. The number of ether oxygens (including phenoxy) is 2. The lowest BCUT2D eigenvalue weighted by Gasteiger charge is -2.46. The van der Waals surface area contributed by atoms with Crippen LogP contribution >= 0.6 is 23.2 Å². The number of amides is 3. The van der Waals surface area contributed by atoms with E-state index in [0.29, 0.717) is 91.7 Å². The first-order valence-corrected chi connectivity index (χ1v) is 20.7. The molecule has 1 aliphatic heterocycles.